The first-order valence-corrected chi connectivity index (χ1v) is 8.00. The molecule has 0 spiro atoms. The van der Waals surface area contributed by atoms with Crippen molar-refractivity contribution < 1.29 is 19.4 Å². The SMILES string of the molecule is COCC(C)(NC(=O)C1CCC2CCCCC2C1)C(=O)O. The van der Waals surface area contributed by atoms with Crippen molar-refractivity contribution in [3.63, 3.8) is 0 Å². The van der Waals surface area contributed by atoms with Gasteiger partial charge in [-0.05, 0) is 38.0 Å². The molecule has 4 atom stereocenters. The Hall–Kier alpha value is -1.10. The number of ether oxygens (including phenoxy) is 1. The van der Waals surface area contributed by atoms with Gasteiger partial charge in [0.25, 0.3) is 0 Å². The summed E-state index contributed by atoms with van der Waals surface area (Å²) in [6, 6.07) is 0. The molecule has 2 N–H and O–H groups in total. The first-order chi connectivity index (χ1) is 9.96. The lowest BCUT2D eigenvalue weighted by Crippen LogP contribution is -2.57. The van der Waals surface area contributed by atoms with Gasteiger partial charge >= 0.3 is 5.97 Å². The molecule has 2 aliphatic carbocycles. The smallest absolute Gasteiger partial charge is 0.331 e. The Morgan fingerprint density at radius 3 is 2.48 bits per heavy atom. The summed E-state index contributed by atoms with van der Waals surface area (Å²) >= 11 is 0. The average molecular weight is 297 g/mol. The fourth-order valence-electron chi connectivity index (χ4n) is 3.93. The summed E-state index contributed by atoms with van der Waals surface area (Å²) in [5, 5.41) is 12.0. The normalized spacial score (nSPS) is 31.8. The second-order valence-electron chi connectivity index (χ2n) is 6.87. The van der Waals surface area contributed by atoms with E-state index in [9.17, 15) is 14.7 Å². The molecule has 120 valence electrons. The van der Waals surface area contributed by atoms with Crippen LogP contribution in [0.2, 0.25) is 0 Å². The first kappa shape index (κ1) is 16.3. The van der Waals surface area contributed by atoms with Gasteiger partial charge in [-0.1, -0.05) is 25.7 Å². The van der Waals surface area contributed by atoms with Crippen LogP contribution < -0.4 is 5.32 Å². The third-order valence-electron chi connectivity index (χ3n) is 5.21. The van der Waals surface area contributed by atoms with Gasteiger partial charge in [0.2, 0.25) is 5.91 Å². The van der Waals surface area contributed by atoms with Crippen LogP contribution >= 0.6 is 0 Å². The third kappa shape index (κ3) is 3.76. The Morgan fingerprint density at radius 2 is 1.86 bits per heavy atom. The molecular weight excluding hydrogens is 270 g/mol. The summed E-state index contributed by atoms with van der Waals surface area (Å²) in [6.45, 7) is 1.48. The van der Waals surface area contributed by atoms with Crippen molar-refractivity contribution in [2.75, 3.05) is 13.7 Å². The largest absolute Gasteiger partial charge is 0.479 e. The van der Waals surface area contributed by atoms with Gasteiger partial charge in [-0.2, -0.15) is 0 Å². The fraction of sp³-hybridized carbons (Fsp3) is 0.875. The maximum absolute atomic E-state index is 12.4. The van der Waals surface area contributed by atoms with Gasteiger partial charge in [0, 0.05) is 13.0 Å². The highest BCUT2D eigenvalue weighted by atomic mass is 16.5. The van der Waals surface area contributed by atoms with E-state index in [-0.39, 0.29) is 18.4 Å². The van der Waals surface area contributed by atoms with Crippen molar-refractivity contribution in [1.29, 1.82) is 0 Å². The minimum atomic E-state index is -1.34. The summed E-state index contributed by atoms with van der Waals surface area (Å²) < 4.78 is 4.95. The Morgan fingerprint density at radius 1 is 1.19 bits per heavy atom. The Bertz CT molecular complexity index is 398. The van der Waals surface area contributed by atoms with Crippen molar-refractivity contribution in [1.82, 2.24) is 5.32 Å². The van der Waals surface area contributed by atoms with Crippen molar-refractivity contribution in [3.8, 4) is 0 Å². The summed E-state index contributed by atoms with van der Waals surface area (Å²) in [5.41, 5.74) is -1.34. The highest BCUT2D eigenvalue weighted by Gasteiger charge is 2.40. The second-order valence-corrected chi connectivity index (χ2v) is 6.87. The molecule has 2 aliphatic rings. The van der Waals surface area contributed by atoms with Gasteiger partial charge in [-0.3, -0.25) is 4.79 Å². The maximum atomic E-state index is 12.4. The van der Waals surface area contributed by atoms with Gasteiger partial charge in [0.1, 0.15) is 0 Å². The number of hydrogen-bond acceptors (Lipinski definition) is 3. The predicted molar refractivity (Wildman–Crippen MR) is 78.8 cm³/mol. The molecule has 0 aromatic carbocycles. The molecule has 0 aromatic rings. The van der Waals surface area contributed by atoms with E-state index in [4.69, 9.17) is 4.74 Å². The highest BCUT2D eigenvalue weighted by Crippen LogP contribution is 2.42. The van der Waals surface area contributed by atoms with E-state index < -0.39 is 11.5 Å². The van der Waals surface area contributed by atoms with Crippen LogP contribution in [-0.4, -0.2) is 36.2 Å². The maximum Gasteiger partial charge on any atom is 0.331 e. The predicted octanol–water partition coefficient (Wildman–Crippen LogP) is 2.20. The second kappa shape index (κ2) is 6.77. The highest BCUT2D eigenvalue weighted by molar-refractivity contribution is 5.88. The van der Waals surface area contributed by atoms with Crippen LogP contribution in [-0.2, 0) is 14.3 Å². The topological polar surface area (TPSA) is 75.6 Å². The number of amides is 1. The molecule has 5 nitrogen and oxygen atoms in total. The zero-order valence-electron chi connectivity index (χ0n) is 13.1. The third-order valence-corrected chi connectivity index (χ3v) is 5.21. The number of rotatable bonds is 5. The quantitative estimate of drug-likeness (QED) is 0.815. The van der Waals surface area contributed by atoms with E-state index >= 15 is 0 Å². The standard InChI is InChI=1S/C16H27NO4/c1-16(10-21-2,15(19)20)17-14(18)13-8-7-11-5-3-4-6-12(11)9-13/h11-13H,3-10H2,1-2H3,(H,17,18)(H,19,20). The monoisotopic (exact) mass is 297 g/mol. The Labute approximate surface area is 126 Å². The molecule has 1 amide bonds. The van der Waals surface area contributed by atoms with Crippen LogP contribution in [0.4, 0.5) is 0 Å². The van der Waals surface area contributed by atoms with Crippen LogP contribution in [0.1, 0.15) is 51.9 Å². The molecule has 5 heteroatoms. The molecule has 0 bridgehead atoms. The molecular formula is C16H27NO4. The lowest BCUT2D eigenvalue weighted by atomic mass is 9.67. The lowest BCUT2D eigenvalue weighted by molar-refractivity contribution is -0.150. The molecule has 4 unspecified atom stereocenters. The molecule has 2 fully saturated rings. The molecule has 0 saturated heterocycles. The van der Waals surface area contributed by atoms with Crippen LogP contribution in [0.15, 0.2) is 0 Å². The molecule has 0 heterocycles. The van der Waals surface area contributed by atoms with Crippen LogP contribution in [0, 0.1) is 17.8 Å². The number of fused-ring (bicyclic) bond motifs is 1. The van der Waals surface area contributed by atoms with Crippen molar-refractivity contribution >= 4 is 11.9 Å². The average Bonchev–Trinajstić information content (AvgIpc) is 2.46. The Kier molecular flexibility index (Phi) is 5.25. The number of aliphatic carboxylic acids is 1. The zero-order valence-corrected chi connectivity index (χ0v) is 13.1. The van der Waals surface area contributed by atoms with Gasteiger partial charge in [0.15, 0.2) is 5.54 Å². The lowest BCUT2D eigenvalue weighted by Gasteiger charge is -2.39. The number of carbonyl (C=O) groups excluding carboxylic acids is 1. The number of carboxylic acid groups (broad SMARTS) is 1. The number of hydrogen-bond donors (Lipinski definition) is 2. The van der Waals surface area contributed by atoms with Gasteiger partial charge in [-0.15, -0.1) is 0 Å². The summed E-state index contributed by atoms with van der Waals surface area (Å²) in [6.07, 6.45) is 8.03. The molecule has 0 aliphatic heterocycles. The van der Waals surface area contributed by atoms with Crippen molar-refractivity contribution in [2.45, 2.75) is 57.4 Å². The number of methoxy groups -OCH3 is 1. The van der Waals surface area contributed by atoms with Gasteiger partial charge < -0.3 is 15.2 Å². The van der Waals surface area contributed by atoms with E-state index in [0.717, 1.165) is 25.2 Å². The van der Waals surface area contributed by atoms with Crippen LogP contribution in [0.25, 0.3) is 0 Å². The summed E-state index contributed by atoms with van der Waals surface area (Å²) in [4.78, 5) is 23.8. The summed E-state index contributed by atoms with van der Waals surface area (Å²) in [5.74, 6) is 0.222. The van der Waals surface area contributed by atoms with Crippen molar-refractivity contribution in [2.24, 2.45) is 17.8 Å². The van der Waals surface area contributed by atoms with Crippen LogP contribution in [0.5, 0.6) is 0 Å². The molecule has 2 rings (SSSR count). The van der Waals surface area contributed by atoms with Crippen LogP contribution in [0.3, 0.4) is 0 Å². The molecule has 0 aromatic heterocycles. The Balaban J connectivity index is 1.95. The van der Waals surface area contributed by atoms with E-state index in [1.165, 1.54) is 39.7 Å². The summed E-state index contributed by atoms with van der Waals surface area (Å²) in [7, 11) is 1.45. The number of carboxylic acids is 1. The molecule has 0 radical (unpaired) electrons. The fourth-order valence-corrected chi connectivity index (χ4v) is 3.93. The van der Waals surface area contributed by atoms with E-state index in [1.807, 2.05) is 0 Å². The van der Waals surface area contributed by atoms with Gasteiger partial charge in [-0.25, -0.2) is 4.79 Å². The van der Waals surface area contributed by atoms with E-state index in [0.29, 0.717) is 5.92 Å². The van der Waals surface area contributed by atoms with Crippen molar-refractivity contribution in [3.05, 3.63) is 0 Å². The number of nitrogens with one attached hydrogen (secondary N) is 1. The zero-order chi connectivity index (χ0) is 15.5. The minimum Gasteiger partial charge on any atom is -0.479 e. The first-order valence-electron chi connectivity index (χ1n) is 8.00. The van der Waals surface area contributed by atoms with E-state index in [2.05, 4.69) is 5.32 Å². The minimum absolute atomic E-state index is 0.0210. The molecule has 21 heavy (non-hydrogen) atoms. The van der Waals surface area contributed by atoms with E-state index in [1.54, 1.807) is 0 Å². The van der Waals surface area contributed by atoms with Gasteiger partial charge in [0.05, 0.1) is 6.61 Å². The number of carbonyl (C=O) groups is 2. The molecule has 2 saturated carbocycles.